The number of likely N-dealkylation sites (N-methyl/N-ethyl adjacent to an activating group) is 1. The lowest BCUT2D eigenvalue weighted by Gasteiger charge is -2.39. The first kappa shape index (κ1) is 9.46. The molecule has 0 unspecified atom stereocenters. The molecule has 0 fully saturated rings. The lowest BCUT2D eigenvalue weighted by Crippen LogP contribution is -2.41. The molecule has 70 valence electrons. The summed E-state index contributed by atoms with van der Waals surface area (Å²) in [7, 11) is 2.20. The van der Waals surface area contributed by atoms with Crippen molar-refractivity contribution >= 4 is 22.6 Å². The molecule has 1 aliphatic rings. The summed E-state index contributed by atoms with van der Waals surface area (Å²) >= 11 is 2.53. The Morgan fingerprint density at radius 1 is 1.38 bits per heavy atom. The molecule has 1 atom stereocenters. The molecule has 0 aromatic heterocycles. The summed E-state index contributed by atoms with van der Waals surface area (Å²) in [6.45, 7) is 3.45. The first-order chi connectivity index (χ1) is 6.12. The third-order valence-corrected chi connectivity index (χ3v) is 4.35. The molecule has 1 aromatic rings. The topological polar surface area (TPSA) is 3.24 Å². The Morgan fingerprint density at radius 3 is 2.85 bits per heavy atom. The minimum Gasteiger partial charge on any atom is -0.288 e. The van der Waals surface area contributed by atoms with Crippen LogP contribution in [0.4, 0.5) is 0 Å². The van der Waals surface area contributed by atoms with Gasteiger partial charge in [-0.1, -0.05) is 46.9 Å². The zero-order valence-corrected chi connectivity index (χ0v) is 10.2. The standard InChI is InChI=1S/C11H14IN/c1-11(12)10-6-4-3-5-9(10)7-8-13(11)2/h3-6H,7-8H2,1-2H3/t11-/m0/s1. The Bertz CT molecular complexity index is 320. The molecule has 0 aliphatic carbocycles. The third-order valence-electron chi connectivity index (χ3n) is 2.94. The molecule has 0 saturated heterocycles. The van der Waals surface area contributed by atoms with Crippen molar-refractivity contribution in [1.82, 2.24) is 4.90 Å². The molecule has 0 spiro atoms. The van der Waals surface area contributed by atoms with Crippen LogP contribution in [0.3, 0.4) is 0 Å². The fraction of sp³-hybridized carbons (Fsp3) is 0.455. The molecular formula is C11H14IN. The van der Waals surface area contributed by atoms with E-state index in [9.17, 15) is 0 Å². The molecule has 0 bridgehead atoms. The number of hydrogen-bond acceptors (Lipinski definition) is 1. The Labute approximate surface area is 93.3 Å². The predicted molar refractivity (Wildman–Crippen MR) is 64.1 cm³/mol. The lowest BCUT2D eigenvalue weighted by molar-refractivity contribution is 0.231. The quantitative estimate of drug-likeness (QED) is 0.403. The van der Waals surface area contributed by atoms with Crippen molar-refractivity contribution in [3.05, 3.63) is 35.4 Å². The van der Waals surface area contributed by atoms with Crippen LogP contribution in [0.2, 0.25) is 0 Å². The van der Waals surface area contributed by atoms with Gasteiger partial charge in [0.15, 0.2) is 0 Å². The van der Waals surface area contributed by atoms with Crippen LogP contribution in [-0.2, 0) is 9.97 Å². The molecule has 1 heterocycles. The van der Waals surface area contributed by atoms with Gasteiger partial charge in [0, 0.05) is 6.54 Å². The second-order valence-corrected chi connectivity index (χ2v) is 5.88. The highest BCUT2D eigenvalue weighted by atomic mass is 127. The number of halogens is 1. The van der Waals surface area contributed by atoms with E-state index in [0.29, 0.717) is 0 Å². The SMILES string of the molecule is CN1CCc2ccccc2[C@@]1(C)I. The van der Waals surface area contributed by atoms with E-state index in [1.54, 1.807) is 0 Å². The van der Waals surface area contributed by atoms with Gasteiger partial charge in [-0.3, -0.25) is 4.90 Å². The number of alkyl halides is 1. The van der Waals surface area contributed by atoms with E-state index in [1.807, 2.05) is 0 Å². The third kappa shape index (κ3) is 1.50. The molecule has 2 heteroatoms. The van der Waals surface area contributed by atoms with Crippen LogP contribution < -0.4 is 0 Å². The van der Waals surface area contributed by atoms with E-state index in [2.05, 4.69) is 65.7 Å². The maximum atomic E-state index is 2.53. The Hall–Kier alpha value is -0.0900. The van der Waals surface area contributed by atoms with Gasteiger partial charge in [0.2, 0.25) is 0 Å². The zero-order valence-electron chi connectivity index (χ0n) is 8.05. The summed E-state index contributed by atoms with van der Waals surface area (Å²) in [6, 6.07) is 8.77. The van der Waals surface area contributed by atoms with Gasteiger partial charge in [0.1, 0.15) is 0 Å². The van der Waals surface area contributed by atoms with Crippen molar-refractivity contribution in [2.75, 3.05) is 13.6 Å². The number of nitrogens with zero attached hydrogens (tertiary/aromatic N) is 1. The van der Waals surface area contributed by atoms with E-state index < -0.39 is 0 Å². The summed E-state index contributed by atoms with van der Waals surface area (Å²) < 4.78 is 0.173. The number of benzene rings is 1. The van der Waals surface area contributed by atoms with E-state index in [4.69, 9.17) is 0 Å². The summed E-state index contributed by atoms with van der Waals surface area (Å²) in [6.07, 6.45) is 1.19. The van der Waals surface area contributed by atoms with Gasteiger partial charge in [0.05, 0.1) is 3.55 Å². The second kappa shape index (κ2) is 3.24. The smallest absolute Gasteiger partial charge is 0.0956 e. The van der Waals surface area contributed by atoms with E-state index >= 15 is 0 Å². The predicted octanol–water partition coefficient (Wildman–Crippen LogP) is 2.78. The van der Waals surface area contributed by atoms with Crippen LogP contribution in [0.5, 0.6) is 0 Å². The molecule has 1 aromatic carbocycles. The van der Waals surface area contributed by atoms with Crippen molar-refractivity contribution in [2.24, 2.45) is 0 Å². The Morgan fingerprint density at radius 2 is 2.08 bits per heavy atom. The molecule has 0 radical (unpaired) electrons. The minimum absolute atomic E-state index is 0.173. The molecule has 1 aliphatic heterocycles. The largest absolute Gasteiger partial charge is 0.288 e. The normalized spacial score (nSPS) is 28.5. The molecule has 1 nitrogen and oxygen atoms in total. The average molecular weight is 287 g/mol. The first-order valence-electron chi connectivity index (χ1n) is 4.61. The van der Waals surface area contributed by atoms with Crippen molar-refractivity contribution in [1.29, 1.82) is 0 Å². The van der Waals surface area contributed by atoms with Crippen molar-refractivity contribution < 1.29 is 0 Å². The fourth-order valence-corrected chi connectivity index (χ4v) is 2.65. The van der Waals surface area contributed by atoms with Crippen LogP contribution in [0, 0.1) is 0 Å². The monoisotopic (exact) mass is 287 g/mol. The van der Waals surface area contributed by atoms with E-state index in [-0.39, 0.29) is 3.55 Å². The van der Waals surface area contributed by atoms with Gasteiger partial charge in [-0.05, 0) is 31.5 Å². The van der Waals surface area contributed by atoms with Crippen molar-refractivity contribution in [3.63, 3.8) is 0 Å². The van der Waals surface area contributed by atoms with Gasteiger partial charge in [-0.2, -0.15) is 0 Å². The molecule has 13 heavy (non-hydrogen) atoms. The van der Waals surface area contributed by atoms with Crippen LogP contribution in [-0.4, -0.2) is 18.5 Å². The molecule has 2 rings (SSSR count). The number of fused-ring (bicyclic) bond motifs is 1. The summed E-state index contributed by atoms with van der Waals surface area (Å²) in [5, 5.41) is 0. The maximum Gasteiger partial charge on any atom is 0.0956 e. The molecule has 0 saturated carbocycles. The Kier molecular flexibility index (Phi) is 2.36. The van der Waals surface area contributed by atoms with Gasteiger partial charge < -0.3 is 0 Å². The van der Waals surface area contributed by atoms with Crippen molar-refractivity contribution in [2.45, 2.75) is 16.9 Å². The Balaban J connectivity index is 2.52. The first-order valence-corrected chi connectivity index (χ1v) is 5.69. The summed E-state index contributed by atoms with van der Waals surface area (Å²) in [5.41, 5.74) is 2.99. The van der Waals surface area contributed by atoms with E-state index in [1.165, 1.54) is 17.5 Å². The molecule has 0 amide bonds. The van der Waals surface area contributed by atoms with Gasteiger partial charge in [0.25, 0.3) is 0 Å². The number of hydrogen-bond donors (Lipinski definition) is 0. The van der Waals surface area contributed by atoms with Crippen LogP contribution >= 0.6 is 22.6 Å². The summed E-state index contributed by atoms with van der Waals surface area (Å²) in [4.78, 5) is 2.41. The molecule has 0 N–H and O–H groups in total. The highest BCUT2D eigenvalue weighted by Crippen LogP contribution is 2.39. The summed E-state index contributed by atoms with van der Waals surface area (Å²) in [5.74, 6) is 0. The van der Waals surface area contributed by atoms with Gasteiger partial charge in [-0.25, -0.2) is 0 Å². The second-order valence-electron chi connectivity index (χ2n) is 3.78. The highest BCUT2D eigenvalue weighted by Gasteiger charge is 2.32. The number of rotatable bonds is 0. The molecular weight excluding hydrogens is 273 g/mol. The fourth-order valence-electron chi connectivity index (χ4n) is 1.89. The average Bonchev–Trinajstić information content (AvgIpc) is 2.13. The van der Waals surface area contributed by atoms with Gasteiger partial charge in [-0.15, -0.1) is 0 Å². The van der Waals surface area contributed by atoms with Gasteiger partial charge >= 0.3 is 0 Å². The van der Waals surface area contributed by atoms with Crippen LogP contribution in [0.25, 0.3) is 0 Å². The van der Waals surface area contributed by atoms with Crippen LogP contribution in [0.1, 0.15) is 18.1 Å². The maximum absolute atomic E-state index is 2.53. The van der Waals surface area contributed by atoms with Crippen molar-refractivity contribution in [3.8, 4) is 0 Å². The highest BCUT2D eigenvalue weighted by molar-refractivity contribution is 14.1. The zero-order chi connectivity index (χ0) is 9.47. The van der Waals surface area contributed by atoms with E-state index in [0.717, 1.165) is 6.54 Å². The minimum atomic E-state index is 0.173. The lowest BCUT2D eigenvalue weighted by atomic mass is 9.94. The van der Waals surface area contributed by atoms with Crippen LogP contribution in [0.15, 0.2) is 24.3 Å².